The van der Waals surface area contributed by atoms with E-state index in [1.165, 1.54) is 24.1 Å². The van der Waals surface area contributed by atoms with Crippen molar-refractivity contribution in [1.29, 1.82) is 0 Å². The van der Waals surface area contributed by atoms with E-state index in [9.17, 15) is 8.42 Å². The maximum absolute atomic E-state index is 11.4. The van der Waals surface area contributed by atoms with Crippen LogP contribution in [0.2, 0.25) is 0 Å². The highest BCUT2D eigenvalue weighted by molar-refractivity contribution is 7.89. The third-order valence-electron chi connectivity index (χ3n) is 2.25. The van der Waals surface area contributed by atoms with E-state index in [1.807, 2.05) is 13.8 Å². The number of rotatable bonds is 4. The van der Waals surface area contributed by atoms with Gasteiger partial charge in [-0.05, 0) is 29.7 Å². The zero-order valence-corrected chi connectivity index (χ0v) is 10.2. The Labute approximate surface area is 95.1 Å². The van der Waals surface area contributed by atoms with Gasteiger partial charge in [0.1, 0.15) is 5.75 Å². The van der Waals surface area contributed by atoms with Crippen molar-refractivity contribution in [2.75, 3.05) is 7.11 Å². The van der Waals surface area contributed by atoms with Crippen molar-refractivity contribution in [2.45, 2.75) is 24.7 Å². The summed E-state index contributed by atoms with van der Waals surface area (Å²) in [5, 5.41) is 8.53. The highest BCUT2D eigenvalue weighted by Crippen LogP contribution is 2.28. The molecular weight excluding hydrogens is 230 g/mol. The van der Waals surface area contributed by atoms with Gasteiger partial charge in [-0.15, -0.1) is 0 Å². The quantitative estimate of drug-likeness (QED) is 0.788. The predicted octanol–water partition coefficient (Wildman–Crippen LogP) is 1.49. The van der Waals surface area contributed by atoms with Crippen molar-refractivity contribution < 1.29 is 18.4 Å². The van der Waals surface area contributed by atoms with E-state index in [4.69, 9.17) is 9.94 Å². The van der Waals surface area contributed by atoms with Gasteiger partial charge in [0.25, 0.3) is 10.0 Å². The molecule has 0 aliphatic carbocycles. The Morgan fingerprint density at radius 1 is 1.38 bits per heavy atom. The number of sulfonamides is 1. The summed E-state index contributed by atoms with van der Waals surface area (Å²) in [6.45, 7) is 3.86. The monoisotopic (exact) mass is 245 g/mol. The first-order valence-electron chi connectivity index (χ1n) is 4.76. The molecule has 0 saturated heterocycles. The highest BCUT2D eigenvalue weighted by atomic mass is 32.2. The molecule has 0 bridgehead atoms. The molecule has 0 atom stereocenters. The van der Waals surface area contributed by atoms with Crippen LogP contribution in [0.25, 0.3) is 0 Å². The molecule has 0 aromatic heterocycles. The van der Waals surface area contributed by atoms with E-state index in [0.29, 0.717) is 5.75 Å². The number of methoxy groups -OCH3 is 1. The van der Waals surface area contributed by atoms with Gasteiger partial charge in [-0.1, -0.05) is 18.7 Å². The Hall–Kier alpha value is -1.11. The van der Waals surface area contributed by atoms with Crippen LogP contribution in [-0.4, -0.2) is 20.7 Å². The summed E-state index contributed by atoms with van der Waals surface area (Å²) < 4.78 is 27.9. The second-order valence-corrected chi connectivity index (χ2v) is 5.31. The number of ether oxygens (including phenoxy) is 1. The van der Waals surface area contributed by atoms with E-state index in [-0.39, 0.29) is 10.8 Å². The van der Waals surface area contributed by atoms with Crippen LogP contribution in [0.1, 0.15) is 25.3 Å². The molecule has 0 amide bonds. The molecule has 0 aliphatic rings. The molecule has 1 aromatic carbocycles. The van der Waals surface area contributed by atoms with Gasteiger partial charge in [-0.2, -0.15) is 0 Å². The predicted molar refractivity (Wildman–Crippen MR) is 59.2 cm³/mol. The normalized spacial score (nSPS) is 11.8. The van der Waals surface area contributed by atoms with Gasteiger partial charge in [0.15, 0.2) is 0 Å². The fraction of sp³-hybridized carbons (Fsp3) is 0.400. The third-order valence-corrected chi connectivity index (χ3v) is 3.37. The van der Waals surface area contributed by atoms with Gasteiger partial charge < -0.3 is 9.94 Å². The van der Waals surface area contributed by atoms with Crippen LogP contribution in [0.3, 0.4) is 0 Å². The number of hydrogen-bond donors (Lipinski definition) is 2. The molecule has 16 heavy (non-hydrogen) atoms. The summed E-state index contributed by atoms with van der Waals surface area (Å²) in [6.07, 6.45) is 0. The minimum atomic E-state index is -3.83. The molecule has 6 heteroatoms. The van der Waals surface area contributed by atoms with Gasteiger partial charge in [-0.25, -0.2) is 8.42 Å². The average molecular weight is 245 g/mol. The smallest absolute Gasteiger partial charge is 0.262 e. The standard InChI is InChI=1S/C10H15NO4S/c1-7(2)9-6-8(16(13,14)11-12)4-5-10(9)15-3/h4-7,11-12H,1-3H3. The van der Waals surface area contributed by atoms with Crippen molar-refractivity contribution in [2.24, 2.45) is 0 Å². The Balaban J connectivity index is 3.33. The van der Waals surface area contributed by atoms with Crippen LogP contribution in [0.15, 0.2) is 23.1 Å². The lowest BCUT2D eigenvalue weighted by Crippen LogP contribution is -2.19. The molecule has 1 rings (SSSR count). The third kappa shape index (κ3) is 2.52. The van der Waals surface area contributed by atoms with Crippen LogP contribution in [-0.2, 0) is 10.0 Å². The molecule has 1 aromatic rings. The zero-order chi connectivity index (χ0) is 12.3. The molecule has 0 aliphatic heterocycles. The summed E-state index contributed by atoms with van der Waals surface area (Å²) in [5.74, 6) is 0.760. The molecule has 0 saturated carbocycles. The zero-order valence-electron chi connectivity index (χ0n) is 9.39. The van der Waals surface area contributed by atoms with Crippen molar-refractivity contribution >= 4 is 10.0 Å². The lowest BCUT2D eigenvalue weighted by molar-refractivity contribution is 0.242. The molecule has 90 valence electrons. The molecule has 0 radical (unpaired) electrons. The van der Waals surface area contributed by atoms with Crippen LogP contribution in [0.5, 0.6) is 5.75 Å². The molecule has 5 nitrogen and oxygen atoms in total. The van der Waals surface area contributed by atoms with E-state index in [1.54, 1.807) is 6.07 Å². The first kappa shape index (κ1) is 13.0. The lowest BCUT2D eigenvalue weighted by Gasteiger charge is -2.13. The van der Waals surface area contributed by atoms with Crippen LogP contribution >= 0.6 is 0 Å². The first-order valence-corrected chi connectivity index (χ1v) is 6.24. The van der Waals surface area contributed by atoms with Crippen LogP contribution in [0, 0.1) is 0 Å². The fourth-order valence-corrected chi connectivity index (χ4v) is 2.02. The van der Waals surface area contributed by atoms with Gasteiger partial charge in [-0.3, -0.25) is 0 Å². The summed E-state index contributed by atoms with van der Waals surface area (Å²) in [4.78, 5) is 1.31. The summed E-state index contributed by atoms with van der Waals surface area (Å²) in [5.41, 5.74) is 0.777. The molecule has 0 fully saturated rings. The van der Waals surface area contributed by atoms with Gasteiger partial charge in [0.05, 0.1) is 12.0 Å². The minimum Gasteiger partial charge on any atom is -0.496 e. The van der Waals surface area contributed by atoms with E-state index in [0.717, 1.165) is 5.56 Å². The topological polar surface area (TPSA) is 75.6 Å². The second-order valence-electron chi connectivity index (χ2n) is 3.65. The largest absolute Gasteiger partial charge is 0.496 e. The first-order chi connectivity index (χ1) is 7.42. The summed E-state index contributed by atoms with van der Waals surface area (Å²) >= 11 is 0. The summed E-state index contributed by atoms with van der Waals surface area (Å²) in [7, 11) is -2.30. The van der Waals surface area contributed by atoms with Crippen LogP contribution < -0.4 is 9.62 Å². The fourth-order valence-electron chi connectivity index (χ4n) is 1.38. The second kappa shape index (κ2) is 4.82. The van der Waals surface area contributed by atoms with Gasteiger partial charge >= 0.3 is 0 Å². The van der Waals surface area contributed by atoms with E-state index < -0.39 is 10.0 Å². The highest BCUT2D eigenvalue weighted by Gasteiger charge is 2.16. The number of benzene rings is 1. The maximum Gasteiger partial charge on any atom is 0.262 e. The van der Waals surface area contributed by atoms with E-state index in [2.05, 4.69) is 0 Å². The van der Waals surface area contributed by atoms with Gasteiger partial charge in [0.2, 0.25) is 0 Å². The van der Waals surface area contributed by atoms with Crippen molar-refractivity contribution in [3.8, 4) is 5.75 Å². The molecular formula is C10H15NO4S. The summed E-state index contributed by atoms with van der Waals surface area (Å²) in [6, 6.07) is 4.44. The number of hydrogen-bond acceptors (Lipinski definition) is 4. The Bertz CT molecular complexity index is 468. The Morgan fingerprint density at radius 2 is 2.00 bits per heavy atom. The molecule has 0 heterocycles. The minimum absolute atomic E-state index is 0.0134. The van der Waals surface area contributed by atoms with Crippen molar-refractivity contribution in [3.05, 3.63) is 23.8 Å². The van der Waals surface area contributed by atoms with E-state index >= 15 is 0 Å². The lowest BCUT2D eigenvalue weighted by atomic mass is 10.0. The molecule has 2 N–H and O–H groups in total. The van der Waals surface area contributed by atoms with Gasteiger partial charge in [0, 0.05) is 0 Å². The number of nitrogens with one attached hydrogen (secondary N) is 1. The Morgan fingerprint density at radius 3 is 2.44 bits per heavy atom. The molecule has 0 unspecified atom stereocenters. The average Bonchev–Trinajstić information content (AvgIpc) is 2.28. The van der Waals surface area contributed by atoms with Crippen LogP contribution in [0.4, 0.5) is 0 Å². The Kier molecular flexibility index (Phi) is 3.90. The van der Waals surface area contributed by atoms with Crippen molar-refractivity contribution in [3.63, 3.8) is 0 Å². The maximum atomic E-state index is 11.4. The molecule has 0 spiro atoms. The van der Waals surface area contributed by atoms with Crippen molar-refractivity contribution in [1.82, 2.24) is 4.89 Å². The SMILES string of the molecule is COc1ccc(S(=O)(=O)NO)cc1C(C)C.